The summed E-state index contributed by atoms with van der Waals surface area (Å²) in [5.74, 6) is 0.516. The van der Waals surface area contributed by atoms with E-state index in [0.717, 1.165) is 47.3 Å². The van der Waals surface area contributed by atoms with Crippen molar-refractivity contribution in [2.24, 2.45) is 34.5 Å². The number of likely N-dealkylation sites (N-methyl/N-ethyl adjacent to an activating group) is 1. The van der Waals surface area contributed by atoms with Crippen LogP contribution in [0.2, 0.25) is 0 Å². The Morgan fingerprint density at radius 2 is 1.72 bits per heavy atom. The summed E-state index contributed by atoms with van der Waals surface area (Å²) in [4.78, 5) is 54.2. The van der Waals surface area contributed by atoms with Gasteiger partial charge in [0.25, 0.3) is 5.91 Å². The highest BCUT2D eigenvalue weighted by Crippen LogP contribution is 2.61. The molecule has 1 heterocycles. The van der Waals surface area contributed by atoms with Gasteiger partial charge in [-0.2, -0.15) is 5.06 Å². The van der Waals surface area contributed by atoms with Gasteiger partial charge in [-0.25, -0.2) is 0 Å². The maximum Gasteiger partial charge on any atom is 0.251 e. The summed E-state index contributed by atoms with van der Waals surface area (Å²) in [7, 11) is 11.9. The predicted molar refractivity (Wildman–Crippen MR) is 241 cm³/mol. The molecule has 4 aliphatic rings. The molecule has 60 heavy (non-hydrogen) atoms. The van der Waals surface area contributed by atoms with E-state index in [4.69, 9.17) is 4.84 Å². The zero-order valence-corrected chi connectivity index (χ0v) is 39.2. The SMILES string of the molecule is Cc1c(CN2O[C@@H](CNC(=O)CCN(C)C)[C@@H]([C@H](C)O)[C@H]2C(=O)N[C@H]2C[C@H]3C[C@@H]([C@@H]2C)C3(C)C)cccc1-c1cc(C(=O)N[C@H](CN(C)C)CC(C)(C)C)cc(N(C)C)c1. The van der Waals surface area contributed by atoms with Gasteiger partial charge < -0.3 is 35.8 Å². The molecule has 3 saturated carbocycles. The van der Waals surface area contributed by atoms with Gasteiger partial charge in [-0.1, -0.05) is 59.7 Å². The number of hydrogen-bond donors (Lipinski definition) is 4. The monoisotopic (exact) mass is 832 g/mol. The first-order valence-electron chi connectivity index (χ1n) is 22.2. The van der Waals surface area contributed by atoms with E-state index in [9.17, 15) is 19.5 Å². The second kappa shape index (κ2) is 19.2. The van der Waals surface area contributed by atoms with E-state index in [1.165, 1.54) is 6.42 Å². The van der Waals surface area contributed by atoms with Gasteiger partial charge in [0.1, 0.15) is 12.1 Å². The van der Waals surface area contributed by atoms with Crippen LogP contribution < -0.4 is 20.9 Å². The number of benzene rings is 2. The van der Waals surface area contributed by atoms with Crippen LogP contribution in [0.25, 0.3) is 11.1 Å². The first kappa shape index (κ1) is 47.5. The second-order valence-corrected chi connectivity index (χ2v) is 20.9. The van der Waals surface area contributed by atoms with Gasteiger partial charge in [-0.3, -0.25) is 19.2 Å². The Hall–Kier alpha value is -3.55. The third-order valence-electron chi connectivity index (χ3n) is 13.7. The highest BCUT2D eigenvalue weighted by Gasteiger charge is 2.57. The molecule has 1 aliphatic heterocycles. The molecular formula is C48H77N7O5. The van der Waals surface area contributed by atoms with Crippen molar-refractivity contribution in [2.75, 3.05) is 66.8 Å². The number of rotatable bonds is 17. The Labute approximate surface area is 361 Å². The minimum Gasteiger partial charge on any atom is -0.393 e. The zero-order valence-electron chi connectivity index (χ0n) is 39.2. The van der Waals surface area contributed by atoms with Crippen molar-refractivity contribution in [3.63, 3.8) is 0 Å². The molecule has 2 aromatic rings. The number of aliphatic hydroxyl groups excluding tert-OH is 1. The molecule has 1 saturated heterocycles. The minimum atomic E-state index is -0.878. The minimum absolute atomic E-state index is 0.0193. The third-order valence-corrected chi connectivity index (χ3v) is 13.7. The first-order valence-corrected chi connectivity index (χ1v) is 22.2. The van der Waals surface area contributed by atoms with Gasteiger partial charge in [-0.15, -0.1) is 0 Å². The number of amides is 3. The number of nitrogens with zero attached hydrogens (tertiary/aromatic N) is 4. The van der Waals surface area contributed by atoms with Crippen LogP contribution in [0.4, 0.5) is 5.69 Å². The number of hydroxylamine groups is 2. The topological polar surface area (TPSA) is 130 Å². The molecule has 334 valence electrons. The molecule has 0 radical (unpaired) electrons. The van der Waals surface area contributed by atoms with E-state index in [1.807, 2.05) is 76.4 Å². The standard InChI is InChI=1S/C48H77N7O5/c1-29-32(16-15-17-38(29)33-20-34(22-37(21-33)54(13)14)45(58)50-36(28-53(11)12)25-47(4,5)6)27-55-44(46(59)51-40-24-35-23-39(30(40)2)48(35,7)8)43(31(3)56)41(60-55)26-49-42(57)18-19-52(9)10/h15-17,20-22,30-31,35-36,39-41,43-44,56H,18-19,23-28H2,1-14H3,(H,49,57)(H,50,58)(H,51,59)/t30-,31-,35+,36-,39-,40-,41-,43+,44-/m0/s1. The maximum absolute atomic E-state index is 14.6. The largest absolute Gasteiger partial charge is 0.393 e. The summed E-state index contributed by atoms with van der Waals surface area (Å²) in [6, 6.07) is 11.4. The molecule has 4 N–H and O–H groups in total. The molecule has 12 heteroatoms. The predicted octanol–water partition coefficient (Wildman–Crippen LogP) is 5.56. The normalized spacial score (nSPS) is 26.1. The highest BCUT2D eigenvalue weighted by atomic mass is 16.7. The average Bonchev–Trinajstić information content (AvgIpc) is 3.51. The quantitative estimate of drug-likeness (QED) is 0.162. The molecule has 9 atom stereocenters. The Morgan fingerprint density at radius 1 is 1.02 bits per heavy atom. The van der Waals surface area contributed by atoms with E-state index >= 15 is 0 Å². The molecule has 0 unspecified atom stereocenters. The molecule has 2 bridgehead atoms. The van der Waals surface area contributed by atoms with Gasteiger partial charge >= 0.3 is 0 Å². The summed E-state index contributed by atoms with van der Waals surface area (Å²) in [5, 5.41) is 22.9. The number of carbonyl (C=O) groups excluding carboxylic acids is 3. The fraction of sp³-hybridized carbons (Fsp3) is 0.688. The molecule has 12 nitrogen and oxygen atoms in total. The van der Waals surface area contributed by atoms with Gasteiger partial charge in [0.2, 0.25) is 11.8 Å². The van der Waals surface area contributed by atoms with Crippen LogP contribution in [0.15, 0.2) is 36.4 Å². The van der Waals surface area contributed by atoms with Crippen molar-refractivity contribution in [3.8, 4) is 11.1 Å². The van der Waals surface area contributed by atoms with Gasteiger partial charge in [0.05, 0.1) is 12.6 Å². The Bertz CT molecular complexity index is 1820. The van der Waals surface area contributed by atoms with Crippen LogP contribution in [0.1, 0.15) is 95.6 Å². The second-order valence-electron chi connectivity index (χ2n) is 20.9. The van der Waals surface area contributed by atoms with Gasteiger partial charge in [-0.05, 0) is 130 Å². The van der Waals surface area contributed by atoms with Gasteiger partial charge in [0, 0.05) is 69.4 Å². The van der Waals surface area contributed by atoms with E-state index in [-0.39, 0.29) is 53.7 Å². The van der Waals surface area contributed by atoms with Crippen molar-refractivity contribution in [2.45, 2.75) is 118 Å². The van der Waals surface area contributed by atoms with E-state index in [2.05, 4.69) is 81.4 Å². The zero-order chi connectivity index (χ0) is 44.4. The van der Waals surface area contributed by atoms with Crippen molar-refractivity contribution in [3.05, 3.63) is 53.1 Å². The number of aliphatic hydroxyl groups is 1. The fourth-order valence-electron chi connectivity index (χ4n) is 10.2. The van der Waals surface area contributed by atoms with Crippen molar-refractivity contribution >= 4 is 23.4 Å². The maximum atomic E-state index is 14.6. The lowest BCUT2D eigenvalue weighted by atomic mass is 9.45. The lowest BCUT2D eigenvalue weighted by Gasteiger charge is -2.62. The summed E-state index contributed by atoms with van der Waals surface area (Å²) in [5.41, 5.74) is 5.66. The number of hydrogen-bond acceptors (Lipinski definition) is 9. The first-order chi connectivity index (χ1) is 28.0. The van der Waals surface area contributed by atoms with Crippen LogP contribution in [0.3, 0.4) is 0 Å². The van der Waals surface area contributed by atoms with Crippen LogP contribution in [0.5, 0.6) is 0 Å². The van der Waals surface area contributed by atoms with Crippen LogP contribution in [-0.2, 0) is 21.0 Å². The fourth-order valence-corrected chi connectivity index (χ4v) is 10.2. The van der Waals surface area contributed by atoms with Crippen molar-refractivity contribution in [1.29, 1.82) is 0 Å². The third kappa shape index (κ3) is 11.3. The summed E-state index contributed by atoms with van der Waals surface area (Å²) < 4.78 is 0. The number of fused-ring (bicyclic) bond motifs is 2. The Morgan fingerprint density at radius 3 is 2.30 bits per heavy atom. The molecular weight excluding hydrogens is 755 g/mol. The Balaban J connectivity index is 1.45. The number of carbonyl (C=O) groups is 3. The van der Waals surface area contributed by atoms with Crippen LogP contribution in [-0.4, -0.2) is 130 Å². The van der Waals surface area contributed by atoms with E-state index < -0.39 is 24.2 Å². The summed E-state index contributed by atoms with van der Waals surface area (Å²) in [6.45, 7) is 19.1. The summed E-state index contributed by atoms with van der Waals surface area (Å²) in [6.07, 6.45) is 1.83. The smallest absolute Gasteiger partial charge is 0.251 e. The molecule has 2 aromatic carbocycles. The van der Waals surface area contributed by atoms with E-state index in [0.29, 0.717) is 36.3 Å². The van der Waals surface area contributed by atoms with Crippen molar-refractivity contribution < 1.29 is 24.3 Å². The average molecular weight is 832 g/mol. The lowest BCUT2D eigenvalue weighted by Crippen LogP contribution is -2.62. The molecule has 4 fully saturated rings. The Kier molecular flexibility index (Phi) is 15.2. The van der Waals surface area contributed by atoms with E-state index in [1.54, 1.807) is 12.0 Å². The molecule has 0 aromatic heterocycles. The lowest BCUT2D eigenvalue weighted by molar-refractivity contribution is -0.177. The summed E-state index contributed by atoms with van der Waals surface area (Å²) >= 11 is 0. The van der Waals surface area contributed by atoms with Gasteiger partial charge in [0.15, 0.2) is 0 Å². The highest BCUT2D eigenvalue weighted by molar-refractivity contribution is 5.97. The molecule has 3 amide bonds. The number of anilines is 1. The molecule has 0 spiro atoms. The molecule has 3 aliphatic carbocycles. The van der Waals surface area contributed by atoms with Crippen LogP contribution in [0, 0.1) is 41.4 Å². The molecule has 6 rings (SSSR count). The number of nitrogens with one attached hydrogen (secondary N) is 3. The van der Waals surface area contributed by atoms with Crippen molar-refractivity contribution in [1.82, 2.24) is 30.8 Å². The van der Waals surface area contributed by atoms with Crippen LogP contribution >= 0.6 is 0 Å².